The molecule has 1 aromatic heterocycles. The average Bonchev–Trinajstić information content (AvgIpc) is 3.03. The van der Waals surface area contributed by atoms with Crippen LogP contribution in [0.5, 0.6) is 0 Å². The number of ketones is 1. The summed E-state index contributed by atoms with van der Waals surface area (Å²) in [5, 5.41) is 10.1. The zero-order valence-electron chi connectivity index (χ0n) is 15.2. The highest BCUT2D eigenvalue weighted by molar-refractivity contribution is 8.00. The molecule has 1 amide bonds. The van der Waals surface area contributed by atoms with Gasteiger partial charge in [0.2, 0.25) is 11.1 Å². The molecular formula is C18H24N4O2S. The van der Waals surface area contributed by atoms with E-state index in [2.05, 4.69) is 20.5 Å². The first-order valence-corrected chi connectivity index (χ1v) is 9.20. The Kier molecular flexibility index (Phi) is 6.36. The molecule has 2 aromatic rings. The lowest BCUT2D eigenvalue weighted by molar-refractivity contribution is -0.118. The van der Waals surface area contributed by atoms with Gasteiger partial charge in [-0.1, -0.05) is 39.5 Å². The number of Topliss-reactive ketones (excluding diaryl/α,β-unsaturated/α-hetero) is 1. The molecule has 1 atom stereocenters. The fourth-order valence-electron chi connectivity index (χ4n) is 2.02. The Morgan fingerprint density at radius 2 is 1.72 bits per heavy atom. The van der Waals surface area contributed by atoms with Crippen LogP contribution in [0.2, 0.25) is 0 Å². The Morgan fingerprint density at radius 3 is 2.24 bits per heavy atom. The van der Waals surface area contributed by atoms with Gasteiger partial charge >= 0.3 is 0 Å². The van der Waals surface area contributed by atoms with Gasteiger partial charge in [-0.05, 0) is 31.2 Å². The van der Waals surface area contributed by atoms with Crippen molar-refractivity contribution in [2.24, 2.45) is 5.92 Å². The number of hydrogen-bond donors (Lipinski definition) is 2. The molecule has 0 aliphatic carbocycles. The molecule has 0 saturated heterocycles. The van der Waals surface area contributed by atoms with Crippen LogP contribution in [-0.4, -0.2) is 32.1 Å². The second-order valence-corrected chi connectivity index (χ2v) is 7.81. The third-order valence-electron chi connectivity index (χ3n) is 3.64. The second kappa shape index (κ2) is 8.29. The van der Waals surface area contributed by atoms with Gasteiger partial charge in [0.25, 0.3) is 0 Å². The lowest BCUT2D eigenvalue weighted by atomic mass is 10.1. The van der Waals surface area contributed by atoms with E-state index in [1.165, 1.54) is 11.8 Å². The molecule has 2 rings (SSSR count). The Morgan fingerprint density at radius 1 is 1.08 bits per heavy atom. The average molecular weight is 360 g/mol. The number of H-pyrrole nitrogens is 1. The van der Waals surface area contributed by atoms with E-state index in [0.717, 1.165) is 5.82 Å². The third-order valence-corrected chi connectivity index (χ3v) is 4.60. The molecule has 0 aliphatic rings. The van der Waals surface area contributed by atoms with E-state index in [-0.39, 0.29) is 28.8 Å². The molecule has 25 heavy (non-hydrogen) atoms. The van der Waals surface area contributed by atoms with Crippen molar-refractivity contribution >= 4 is 29.1 Å². The fraction of sp³-hybridized carbons (Fsp3) is 0.444. The SMILES string of the molecule is CC(C)C(=O)Nc1ccc(C(=O)[C@H](C)Sc2n[nH]c(C(C)C)n2)cc1. The van der Waals surface area contributed by atoms with Gasteiger partial charge in [-0.3, -0.25) is 14.7 Å². The summed E-state index contributed by atoms with van der Waals surface area (Å²) in [6, 6.07) is 6.95. The summed E-state index contributed by atoms with van der Waals surface area (Å²) < 4.78 is 0. The van der Waals surface area contributed by atoms with Crippen LogP contribution in [0.3, 0.4) is 0 Å². The first-order valence-electron chi connectivity index (χ1n) is 8.32. The van der Waals surface area contributed by atoms with Gasteiger partial charge in [0.05, 0.1) is 5.25 Å². The molecule has 0 aliphatic heterocycles. The smallest absolute Gasteiger partial charge is 0.226 e. The number of hydrogen-bond acceptors (Lipinski definition) is 5. The number of aromatic amines is 1. The number of carbonyl (C=O) groups is 2. The van der Waals surface area contributed by atoms with Crippen LogP contribution in [0.1, 0.15) is 56.7 Å². The number of aromatic nitrogens is 3. The maximum Gasteiger partial charge on any atom is 0.226 e. The Hall–Kier alpha value is -2.15. The van der Waals surface area contributed by atoms with Crippen molar-refractivity contribution in [3.05, 3.63) is 35.7 Å². The van der Waals surface area contributed by atoms with E-state index in [4.69, 9.17) is 0 Å². The quantitative estimate of drug-likeness (QED) is 0.578. The highest BCUT2D eigenvalue weighted by Gasteiger charge is 2.19. The number of thioether (sulfide) groups is 1. The molecule has 0 fully saturated rings. The fourth-order valence-corrected chi connectivity index (χ4v) is 2.83. The Balaban J connectivity index is 2.00. The predicted molar refractivity (Wildman–Crippen MR) is 100 cm³/mol. The number of anilines is 1. The molecule has 1 aromatic carbocycles. The van der Waals surface area contributed by atoms with Gasteiger partial charge in [0, 0.05) is 23.1 Å². The summed E-state index contributed by atoms with van der Waals surface area (Å²) in [5.41, 5.74) is 1.29. The topological polar surface area (TPSA) is 87.7 Å². The van der Waals surface area contributed by atoms with Crippen LogP contribution >= 0.6 is 11.8 Å². The van der Waals surface area contributed by atoms with E-state index in [0.29, 0.717) is 16.4 Å². The summed E-state index contributed by atoms with van der Waals surface area (Å²) in [7, 11) is 0. The van der Waals surface area contributed by atoms with Gasteiger partial charge in [-0.25, -0.2) is 4.98 Å². The molecule has 0 saturated carbocycles. The van der Waals surface area contributed by atoms with Crippen molar-refractivity contribution in [2.75, 3.05) is 5.32 Å². The van der Waals surface area contributed by atoms with Crippen LogP contribution < -0.4 is 5.32 Å². The molecule has 134 valence electrons. The van der Waals surface area contributed by atoms with Crippen molar-refractivity contribution in [3.63, 3.8) is 0 Å². The van der Waals surface area contributed by atoms with Crippen LogP contribution in [0, 0.1) is 5.92 Å². The van der Waals surface area contributed by atoms with E-state index in [9.17, 15) is 9.59 Å². The molecule has 0 spiro atoms. The van der Waals surface area contributed by atoms with E-state index in [1.54, 1.807) is 24.3 Å². The first-order chi connectivity index (χ1) is 11.8. The van der Waals surface area contributed by atoms with Crippen molar-refractivity contribution in [3.8, 4) is 0 Å². The number of carbonyl (C=O) groups excluding carboxylic acids is 2. The van der Waals surface area contributed by atoms with Gasteiger partial charge in [-0.15, -0.1) is 5.10 Å². The largest absolute Gasteiger partial charge is 0.326 e. The van der Waals surface area contributed by atoms with Gasteiger partial charge in [0.15, 0.2) is 5.78 Å². The summed E-state index contributed by atoms with van der Waals surface area (Å²) in [4.78, 5) is 28.6. The minimum Gasteiger partial charge on any atom is -0.326 e. The number of rotatable bonds is 7. The predicted octanol–water partition coefficient (Wildman–Crippen LogP) is 3.89. The monoisotopic (exact) mass is 360 g/mol. The lowest BCUT2D eigenvalue weighted by Crippen LogP contribution is -2.18. The summed E-state index contributed by atoms with van der Waals surface area (Å²) >= 11 is 1.33. The molecule has 2 N–H and O–H groups in total. The standard InChI is InChI=1S/C18H24N4O2S/c1-10(2)16-20-18(22-21-16)25-12(5)15(23)13-6-8-14(9-7-13)19-17(24)11(3)4/h6-12H,1-5H3,(H,19,24)(H,20,21,22)/t12-/m0/s1. The molecule has 0 unspecified atom stereocenters. The van der Waals surface area contributed by atoms with Gasteiger partial charge in [0.1, 0.15) is 5.82 Å². The maximum atomic E-state index is 12.6. The van der Waals surface area contributed by atoms with Crippen molar-refractivity contribution in [1.82, 2.24) is 15.2 Å². The lowest BCUT2D eigenvalue weighted by Gasteiger charge is -2.10. The number of benzene rings is 1. The van der Waals surface area contributed by atoms with Crippen molar-refractivity contribution in [1.29, 1.82) is 0 Å². The van der Waals surface area contributed by atoms with E-state index in [1.807, 2.05) is 34.6 Å². The number of nitrogens with one attached hydrogen (secondary N) is 2. The summed E-state index contributed by atoms with van der Waals surface area (Å²) in [6.07, 6.45) is 0. The Labute approximate surface area is 152 Å². The minimum absolute atomic E-state index is 0.00244. The first kappa shape index (κ1) is 19.2. The van der Waals surface area contributed by atoms with Crippen LogP contribution in [0.4, 0.5) is 5.69 Å². The van der Waals surface area contributed by atoms with Gasteiger partial charge < -0.3 is 5.32 Å². The summed E-state index contributed by atoms with van der Waals surface area (Å²) in [6.45, 7) is 9.57. The van der Waals surface area contributed by atoms with Crippen molar-refractivity contribution in [2.45, 2.75) is 50.9 Å². The van der Waals surface area contributed by atoms with Crippen LogP contribution in [-0.2, 0) is 4.79 Å². The van der Waals surface area contributed by atoms with E-state index < -0.39 is 0 Å². The van der Waals surface area contributed by atoms with Crippen molar-refractivity contribution < 1.29 is 9.59 Å². The minimum atomic E-state index is -0.299. The molecule has 7 heteroatoms. The highest BCUT2D eigenvalue weighted by atomic mass is 32.2. The number of nitrogens with zero attached hydrogens (tertiary/aromatic N) is 2. The molecular weight excluding hydrogens is 336 g/mol. The highest BCUT2D eigenvalue weighted by Crippen LogP contribution is 2.24. The van der Waals surface area contributed by atoms with E-state index >= 15 is 0 Å². The molecule has 6 nitrogen and oxygen atoms in total. The number of amides is 1. The zero-order chi connectivity index (χ0) is 18.6. The molecule has 0 bridgehead atoms. The van der Waals surface area contributed by atoms with Crippen LogP contribution in [0.25, 0.3) is 0 Å². The Bertz CT molecular complexity index is 738. The van der Waals surface area contributed by atoms with Crippen LogP contribution in [0.15, 0.2) is 29.4 Å². The zero-order valence-corrected chi connectivity index (χ0v) is 16.0. The third kappa shape index (κ3) is 5.16. The summed E-state index contributed by atoms with van der Waals surface area (Å²) in [5.74, 6) is 0.944. The molecule has 1 heterocycles. The molecule has 0 radical (unpaired) electrons. The van der Waals surface area contributed by atoms with Gasteiger partial charge in [-0.2, -0.15) is 0 Å². The normalized spacial score (nSPS) is 12.4. The second-order valence-electron chi connectivity index (χ2n) is 6.50. The maximum absolute atomic E-state index is 12.6.